The van der Waals surface area contributed by atoms with E-state index in [9.17, 15) is 35.2 Å². The lowest BCUT2D eigenvalue weighted by molar-refractivity contribution is -0.303. The van der Waals surface area contributed by atoms with Crippen LogP contribution in [0.2, 0.25) is 0 Å². The molecule has 0 radical (unpaired) electrons. The number of aliphatic hydroxyl groups excluding tert-OH is 6. The van der Waals surface area contributed by atoms with Crippen LogP contribution < -0.4 is 4.72 Å². The molecule has 1 saturated heterocycles. The third-order valence-electron chi connectivity index (χ3n) is 6.77. The zero-order chi connectivity index (χ0) is 26.9. The van der Waals surface area contributed by atoms with Crippen molar-refractivity contribution in [3.8, 4) is 0 Å². The van der Waals surface area contributed by atoms with Crippen LogP contribution in [0.3, 0.4) is 0 Å². The van der Waals surface area contributed by atoms with Crippen molar-refractivity contribution in [2.75, 3.05) is 19.5 Å². The van der Waals surface area contributed by atoms with Gasteiger partial charge in [-0.2, -0.15) is 0 Å². The quantitative estimate of drug-likeness (QED) is 0.0815. The monoisotopic (exact) mass is 541 g/mol. The van der Waals surface area contributed by atoms with Crippen molar-refractivity contribution >= 4 is 11.4 Å². The minimum absolute atomic E-state index is 0.293. The highest BCUT2D eigenvalue weighted by Gasteiger charge is 2.44. The Balaban J connectivity index is 2.33. The molecular weight excluding hydrogens is 490 g/mol. The lowest BCUT2D eigenvalue weighted by Gasteiger charge is -2.40. The average Bonchev–Trinajstić information content (AvgIpc) is 2.86. The van der Waals surface area contributed by atoms with Crippen molar-refractivity contribution in [1.82, 2.24) is 4.72 Å². The van der Waals surface area contributed by atoms with Crippen molar-refractivity contribution in [3.63, 3.8) is 0 Å². The lowest BCUT2D eigenvalue weighted by atomic mass is 9.99. The van der Waals surface area contributed by atoms with Crippen LogP contribution in [0, 0.1) is 0 Å². The maximum Gasteiger partial charge on any atom is 0.186 e. The molecule has 7 N–H and O–H groups in total. The zero-order valence-electron chi connectivity index (χ0n) is 22.0. The van der Waals surface area contributed by atoms with Crippen LogP contribution in [0.1, 0.15) is 90.4 Å². The zero-order valence-corrected chi connectivity index (χ0v) is 22.9. The summed E-state index contributed by atoms with van der Waals surface area (Å²) in [4.78, 5) is 0. The van der Waals surface area contributed by atoms with Crippen LogP contribution in [0.25, 0.3) is 0 Å². The fraction of sp³-hybridized carbons (Fsp3) is 1.00. The van der Waals surface area contributed by atoms with Gasteiger partial charge in [-0.1, -0.05) is 84.0 Å². The predicted octanol–water partition coefficient (Wildman–Crippen LogP) is 0.868. The molecule has 1 fully saturated rings. The molecule has 1 unspecified atom stereocenters. The smallest absolute Gasteiger partial charge is 0.186 e. The van der Waals surface area contributed by atoms with E-state index in [-0.39, 0.29) is 6.61 Å². The number of rotatable bonds is 21. The van der Waals surface area contributed by atoms with Crippen LogP contribution >= 0.6 is 0 Å². The molecule has 0 aromatic carbocycles. The van der Waals surface area contributed by atoms with Crippen LogP contribution in [0.4, 0.5) is 0 Å². The van der Waals surface area contributed by atoms with E-state index in [2.05, 4.69) is 11.6 Å². The molecule has 0 spiro atoms. The number of aliphatic hydroxyl groups is 6. The van der Waals surface area contributed by atoms with Gasteiger partial charge in [-0.3, -0.25) is 0 Å². The van der Waals surface area contributed by atoms with Gasteiger partial charge in [0.1, 0.15) is 42.8 Å². The van der Waals surface area contributed by atoms with E-state index in [4.69, 9.17) is 9.47 Å². The van der Waals surface area contributed by atoms with Crippen LogP contribution in [0.15, 0.2) is 0 Å². The van der Waals surface area contributed by atoms with Gasteiger partial charge in [0, 0.05) is 11.4 Å². The maximum atomic E-state index is 11.7. The van der Waals surface area contributed by atoms with E-state index in [1.54, 1.807) is 0 Å². The fourth-order valence-electron chi connectivity index (χ4n) is 4.45. The summed E-state index contributed by atoms with van der Waals surface area (Å²) in [5.74, 6) is 0. The first-order chi connectivity index (χ1) is 17.2. The van der Waals surface area contributed by atoms with Crippen molar-refractivity contribution < 1.29 is 44.7 Å². The summed E-state index contributed by atoms with van der Waals surface area (Å²) in [6.45, 7) is 1.34. The Hall–Kier alpha value is -0.0500. The van der Waals surface area contributed by atoms with Crippen molar-refractivity contribution in [2.24, 2.45) is 0 Å². The average molecular weight is 542 g/mol. The highest BCUT2D eigenvalue weighted by atomic mass is 32.2. The lowest BCUT2D eigenvalue weighted by Crippen LogP contribution is -2.60. The van der Waals surface area contributed by atoms with E-state index in [0.717, 1.165) is 19.3 Å². The summed E-state index contributed by atoms with van der Waals surface area (Å²) in [6, 6.07) is -0.935. The summed E-state index contributed by atoms with van der Waals surface area (Å²) < 4.78 is 25.1. The third-order valence-corrected chi connectivity index (χ3v) is 7.40. The minimum Gasteiger partial charge on any atom is -0.598 e. The highest BCUT2D eigenvalue weighted by Crippen LogP contribution is 2.23. The van der Waals surface area contributed by atoms with E-state index in [1.807, 2.05) is 0 Å². The number of hydrogen-bond donors (Lipinski definition) is 7. The van der Waals surface area contributed by atoms with E-state index >= 15 is 0 Å². The topological polar surface area (TPSA) is 175 Å². The van der Waals surface area contributed by atoms with Gasteiger partial charge in [-0.05, 0) is 6.42 Å². The van der Waals surface area contributed by atoms with Gasteiger partial charge in [0.05, 0.1) is 19.3 Å². The number of ether oxygens (including phenoxy) is 2. The van der Waals surface area contributed by atoms with Crippen molar-refractivity contribution in [3.05, 3.63) is 0 Å². The standard InChI is InChI=1S/C25H51NO9S/c1-3-4-5-6-7-8-9-10-11-12-13-14-15-19(28)21(29)18(26-36(2)33)17-34-25-24(32)23(31)22(30)20(16-27)35-25/h18-32H,3-17H2,1-2H3/t18-,19+,20+,21-,22-,23-,24+,25-,36?/m0/s1. The molecule has 1 rings (SSSR count). The first-order valence-electron chi connectivity index (χ1n) is 13.6. The molecule has 11 heteroatoms. The fourth-order valence-corrected chi connectivity index (χ4v) is 5.09. The molecule has 1 aliphatic rings. The van der Waals surface area contributed by atoms with Gasteiger partial charge >= 0.3 is 0 Å². The number of unbranched alkanes of at least 4 members (excludes halogenated alkanes) is 11. The summed E-state index contributed by atoms with van der Waals surface area (Å²) in [5, 5.41) is 60.3. The Morgan fingerprint density at radius 2 is 1.39 bits per heavy atom. The molecule has 0 aliphatic carbocycles. The summed E-state index contributed by atoms with van der Waals surface area (Å²) in [7, 11) is 0. The molecule has 216 valence electrons. The molecule has 0 aromatic rings. The Kier molecular flexibility index (Phi) is 18.8. The number of nitrogens with one attached hydrogen (secondary N) is 1. The predicted molar refractivity (Wildman–Crippen MR) is 138 cm³/mol. The molecule has 1 aliphatic heterocycles. The van der Waals surface area contributed by atoms with Gasteiger partial charge in [-0.15, -0.1) is 4.72 Å². The summed E-state index contributed by atoms with van der Waals surface area (Å²) >= 11 is -1.52. The second-order valence-corrected chi connectivity index (χ2v) is 11.1. The summed E-state index contributed by atoms with van der Waals surface area (Å²) in [6.07, 6.45) is 6.59. The van der Waals surface area contributed by atoms with Gasteiger partial charge in [0.2, 0.25) is 0 Å². The van der Waals surface area contributed by atoms with Gasteiger partial charge in [0.25, 0.3) is 0 Å². The van der Waals surface area contributed by atoms with Crippen LogP contribution in [-0.2, 0) is 20.8 Å². The summed E-state index contributed by atoms with van der Waals surface area (Å²) in [5.41, 5.74) is 0. The van der Waals surface area contributed by atoms with E-state index in [0.29, 0.717) is 6.42 Å². The second kappa shape index (κ2) is 19.9. The Bertz CT molecular complexity index is 532. The molecule has 0 bridgehead atoms. The van der Waals surface area contributed by atoms with Crippen molar-refractivity contribution in [2.45, 2.75) is 139 Å². The maximum absolute atomic E-state index is 11.7. The van der Waals surface area contributed by atoms with Gasteiger partial charge in [0.15, 0.2) is 6.29 Å². The third kappa shape index (κ3) is 13.1. The van der Waals surface area contributed by atoms with Gasteiger partial charge < -0.3 is 44.7 Å². The first kappa shape index (κ1) is 34.0. The Labute approximate surface area is 219 Å². The minimum atomic E-state index is -1.59. The highest BCUT2D eigenvalue weighted by molar-refractivity contribution is 7.88. The van der Waals surface area contributed by atoms with Crippen molar-refractivity contribution in [1.29, 1.82) is 0 Å². The first-order valence-corrected chi connectivity index (χ1v) is 15.2. The largest absolute Gasteiger partial charge is 0.598 e. The molecule has 0 saturated carbocycles. The van der Waals surface area contributed by atoms with E-state index in [1.165, 1.54) is 64.0 Å². The molecular formula is C25H51NO9S. The number of hydrogen-bond acceptors (Lipinski definition) is 10. The molecule has 0 amide bonds. The van der Waals surface area contributed by atoms with E-state index < -0.39 is 66.9 Å². The normalized spacial score (nSPS) is 28.1. The molecule has 1 heterocycles. The van der Waals surface area contributed by atoms with Crippen LogP contribution in [0.5, 0.6) is 0 Å². The molecule has 9 atom stereocenters. The Morgan fingerprint density at radius 1 is 0.861 bits per heavy atom. The molecule has 10 nitrogen and oxygen atoms in total. The van der Waals surface area contributed by atoms with Crippen LogP contribution in [-0.4, -0.2) is 104 Å². The second-order valence-electron chi connectivity index (χ2n) is 9.94. The Morgan fingerprint density at radius 3 is 1.89 bits per heavy atom. The molecule has 36 heavy (non-hydrogen) atoms. The molecule has 0 aromatic heterocycles. The van der Waals surface area contributed by atoms with Gasteiger partial charge in [-0.25, -0.2) is 0 Å². The SMILES string of the molecule is CCCCCCCCCCCCCC[C@@H](O)[C@@H](O)[C@H](CO[C@H]1O[C@H](CO)[C@H](O)[C@H](O)[C@H]1O)N[S+](C)[O-].